The maximum absolute atomic E-state index is 11.0. The number of hydrogen-bond acceptors (Lipinski definition) is 1. The van der Waals surface area contributed by atoms with E-state index in [1.807, 2.05) is 13.0 Å². The summed E-state index contributed by atoms with van der Waals surface area (Å²) >= 11 is 0. The summed E-state index contributed by atoms with van der Waals surface area (Å²) < 4.78 is 0. The SMILES string of the molecule is CC(=CC(=O)O)c1ccc2ccc3cccc4ccc1c2c34. The fourth-order valence-electron chi connectivity index (χ4n) is 3.34. The van der Waals surface area contributed by atoms with E-state index in [-0.39, 0.29) is 0 Å². The quantitative estimate of drug-likeness (QED) is 0.412. The Labute approximate surface area is 127 Å². The second-order valence-electron chi connectivity index (χ2n) is 5.63. The summed E-state index contributed by atoms with van der Waals surface area (Å²) in [4.78, 5) is 11.0. The molecule has 0 radical (unpaired) electrons. The van der Waals surface area contributed by atoms with Crippen LogP contribution < -0.4 is 0 Å². The van der Waals surface area contributed by atoms with E-state index >= 15 is 0 Å². The van der Waals surface area contributed by atoms with Crippen molar-refractivity contribution in [3.05, 3.63) is 66.2 Å². The molecule has 0 amide bonds. The Morgan fingerprint density at radius 1 is 0.864 bits per heavy atom. The molecule has 0 saturated carbocycles. The van der Waals surface area contributed by atoms with Crippen molar-refractivity contribution in [2.75, 3.05) is 0 Å². The van der Waals surface area contributed by atoms with E-state index in [2.05, 4.69) is 48.5 Å². The first-order chi connectivity index (χ1) is 10.6. The number of allylic oxidation sites excluding steroid dienone is 1. The van der Waals surface area contributed by atoms with Crippen LogP contribution in [0.5, 0.6) is 0 Å². The molecule has 1 N–H and O–H groups in total. The van der Waals surface area contributed by atoms with Crippen molar-refractivity contribution in [3.63, 3.8) is 0 Å². The van der Waals surface area contributed by atoms with Gasteiger partial charge in [0.05, 0.1) is 0 Å². The van der Waals surface area contributed by atoms with Gasteiger partial charge in [0.15, 0.2) is 0 Å². The van der Waals surface area contributed by atoms with Crippen molar-refractivity contribution in [2.45, 2.75) is 6.92 Å². The summed E-state index contributed by atoms with van der Waals surface area (Å²) in [5.74, 6) is -0.914. The number of aliphatic carboxylic acids is 1. The van der Waals surface area contributed by atoms with Crippen LogP contribution in [0.1, 0.15) is 12.5 Å². The molecule has 0 bridgehead atoms. The number of benzene rings is 4. The number of carbonyl (C=O) groups is 1. The van der Waals surface area contributed by atoms with E-state index < -0.39 is 5.97 Å². The summed E-state index contributed by atoms with van der Waals surface area (Å²) in [6.45, 7) is 1.85. The minimum atomic E-state index is -0.914. The lowest BCUT2D eigenvalue weighted by Gasteiger charge is -2.14. The fraction of sp³-hybridized carbons (Fsp3) is 0.0500. The van der Waals surface area contributed by atoms with Gasteiger partial charge in [-0.05, 0) is 50.4 Å². The van der Waals surface area contributed by atoms with E-state index in [0.717, 1.165) is 16.5 Å². The van der Waals surface area contributed by atoms with E-state index in [4.69, 9.17) is 5.11 Å². The smallest absolute Gasteiger partial charge is 0.328 e. The molecular weight excluding hydrogens is 272 g/mol. The Hall–Kier alpha value is -2.87. The Kier molecular flexibility index (Phi) is 2.67. The molecule has 0 fully saturated rings. The normalized spacial score (nSPS) is 12.5. The third-order valence-electron chi connectivity index (χ3n) is 4.29. The lowest BCUT2D eigenvalue weighted by atomic mass is 9.90. The molecule has 4 aromatic rings. The van der Waals surface area contributed by atoms with Crippen molar-refractivity contribution in [2.24, 2.45) is 0 Å². The zero-order chi connectivity index (χ0) is 15.3. The summed E-state index contributed by atoms with van der Waals surface area (Å²) in [6.07, 6.45) is 1.27. The Balaban J connectivity index is 2.20. The van der Waals surface area contributed by atoms with Crippen molar-refractivity contribution >= 4 is 43.9 Å². The maximum atomic E-state index is 11.0. The molecule has 4 aromatic carbocycles. The topological polar surface area (TPSA) is 37.3 Å². The average Bonchev–Trinajstić information content (AvgIpc) is 2.51. The van der Waals surface area contributed by atoms with E-state index in [9.17, 15) is 4.79 Å². The Bertz CT molecular complexity index is 1040. The highest BCUT2D eigenvalue weighted by Gasteiger charge is 2.11. The van der Waals surface area contributed by atoms with E-state index in [1.54, 1.807) is 0 Å². The van der Waals surface area contributed by atoms with Gasteiger partial charge in [-0.1, -0.05) is 54.6 Å². The monoisotopic (exact) mass is 286 g/mol. The van der Waals surface area contributed by atoms with E-state index in [0.29, 0.717) is 0 Å². The third kappa shape index (κ3) is 1.77. The largest absolute Gasteiger partial charge is 0.478 e. The molecule has 106 valence electrons. The predicted molar refractivity (Wildman–Crippen MR) is 91.4 cm³/mol. The van der Waals surface area contributed by atoms with Gasteiger partial charge in [0.2, 0.25) is 0 Å². The number of carboxylic acids is 1. The molecule has 0 atom stereocenters. The summed E-state index contributed by atoms with van der Waals surface area (Å²) in [7, 11) is 0. The van der Waals surface area contributed by atoms with Crippen LogP contribution in [0, 0.1) is 0 Å². The van der Waals surface area contributed by atoms with Gasteiger partial charge >= 0.3 is 5.97 Å². The number of rotatable bonds is 2. The molecule has 2 heteroatoms. The molecule has 0 aromatic heterocycles. The average molecular weight is 286 g/mol. The Morgan fingerprint density at radius 3 is 2.14 bits per heavy atom. The number of carboxylic acid groups (broad SMARTS) is 1. The van der Waals surface area contributed by atoms with Gasteiger partial charge in [-0.2, -0.15) is 0 Å². The molecule has 0 aliphatic heterocycles. The van der Waals surface area contributed by atoms with Crippen molar-refractivity contribution in [3.8, 4) is 0 Å². The second kappa shape index (κ2) is 4.57. The minimum Gasteiger partial charge on any atom is -0.478 e. The molecule has 0 unspecified atom stereocenters. The van der Waals surface area contributed by atoms with Crippen LogP contribution in [0.15, 0.2) is 60.7 Å². The third-order valence-corrected chi connectivity index (χ3v) is 4.29. The van der Waals surface area contributed by atoms with Crippen molar-refractivity contribution in [1.29, 1.82) is 0 Å². The molecule has 0 spiro atoms. The predicted octanol–water partition coefficient (Wildman–Crippen LogP) is 5.07. The summed E-state index contributed by atoms with van der Waals surface area (Å²) in [5.41, 5.74) is 1.75. The van der Waals surface area contributed by atoms with Crippen LogP contribution in [0.25, 0.3) is 37.9 Å². The van der Waals surface area contributed by atoms with Crippen LogP contribution in [0.3, 0.4) is 0 Å². The highest BCUT2D eigenvalue weighted by atomic mass is 16.4. The van der Waals surface area contributed by atoms with Gasteiger partial charge < -0.3 is 5.11 Å². The van der Waals surface area contributed by atoms with Gasteiger partial charge in [0.25, 0.3) is 0 Å². The summed E-state index contributed by atoms with van der Waals surface area (Å²) in [5, 5.41) is 16.2. The molecule has 0 heterocycles. The van der Waals surface area contributed by atoms with Gasteiger partial charge in [-0.25, -0.2) is 4.79 Å². The molecular formula is C20H14O2. The van der Waals surface area contributed by atoms with Gasteiger partial charge in [-0.15, -0.1) is 0 Å². The molecule has 0 aliphatic rings. The molecule has 2 nitrogen and oxygen atoms in total. The standard InChI is InChI=1S/C20H14O2/c1-12(11-18(21)22)16-9-7-15-6-5-13-3-2-4-14-8-10-17(16)20(15)19(13)14/h2-11H,1H3,(H,21,22). The van der Waals surface area contributed by atoms with E-state index in [1.165, 1.54) is 33.0 Å². The zero-order valence-electron chi connectivity index (χ0n) is 12.1. The lowest BCUT2D eigenvalue weighted by Crippen LogP contribution is -1.92. The first-order valence-corrected chi connectivity index (χ1v) is 7.23. The van der Waals surface area contributed by atoms with Crippen molar-refractivity contribution in [1.82, 2.24) is 0 Å². The second-order valence-corrected chi connectivity index (χ2v) is 5.63. The molecule has 4 rings (SSSR count). The molecule has 0 aliphatic carbocycles. The van der Waals surface area contributed by atoms with Gasteiger partial charge in [-0.3, -0.25) is 0 Å². The zero-order valence-corrected chi connectivity index (χ0v) is 12.1. The van der Waals surface area contributed by atoms with Crippen LogP contribution in [0.4, 0.5) is 0 Å². The minimum absolute atomic E-state index is 0.769. The Morgan fingerprint density at radius 2 is 1.45 bits per heavy atom. The van der Waals surface area contributed by atoms with Gasteiger partial charge in [0.1, 0.15) is 0 Å². The fourth-order valence-corrected chi connectivity index (χ4v) is 3.34. The van der Waals surface area contributed by atoms with Crippen LogP contribution in [-0.2, 0) is 4.79 Å². The highest BCUT2D eigenvalue weighted by Crippen LogP contribution is 2.37. The summed E-state index contributed by atoms with van der Waals surface area (Å²) in [6, 6.07) is 18.9. The number of hydrogen-bond donors (Lipinski definition) is 1. The van der Waals surface area contributed by atoms with Gasteiger partial charge in [0, 0.05) is 6.08 Å². The molecule has 22 heavy (non-hydrogen) atoms. The first-order valence-electron chi connectivity index (χ1n) is 7.23. The lowest BCUT2D eigenvalue weighted by molar-refractivity contribution is -0.131. The van der Waals surface area contributed by atoms with Crippen LogP contribution >= 0.6 is 0 Å². The first kappa shape index (κ1) is 12.8. The van der Waals surface area contributed by atoms with Crippen LogP contribution in [0.2, 0.25) is 0 Å². The maximum Gasteiger partial charge on any atom is 0.328 e. The molecule has 0 saturated heterocycles. The van der Waals surface area contributed by atoms with Crippen LogP contribution in [-0.4, -0.2) is 11.1 Å². The highest BCUT2D eigenvalue weighted by molar-refractivity contribution is 6.24. The van der Waals surface area contributed by atoms with Crippen molar-refractivity contribution < 1.29 is 9.90 Å².